The Morgan fingerprint density at radius 2 is 2.00 bits per heavy atom. The van der Waals surface area contributed by atoms with Gasteiger partial charge in [0.15, 0.2) is 9.84 Å². The maximum atomic E-state index is 11.2. The molecule has 0 spiro atoms. The van der Waals surface area contributed by atoms with Crippen LogP contribution in [0.5, 0.6) is 0 Å². The first-order valence-corrected chi connectivity index (χ1v) is 6.27. The zero-order valence-electron chi connectivity index (χ0n) is 7.86. The van der Waals surface area contributed by atoms with Gasteiger partial charge in [-0.05, 0) is 24.6 Å². The number of sulfone groups is 1. The minimum Gasteiger partial charge on any atom is -0.389 e. The first kappa shape index (κ1) is 11.5. The Kier molecular flexibility index (Phi) is 3.19. The second-order valence-corrected chi connectivity index (χ2v) is 5.53. The quantitative estimate of drug-likeness (QED) is 0.849. The predicted molar refractivity (Wildman–Crippen MR) is 55.2 cm³/mol. The van der Waals surface area contributed by atoms with Gasteiger partial charge in [-0.1, -0.05) is 17.7 Å². The molecule has 1 N–H and O–H groups in total. The molecule has 1 atom stereocenters. The van der Waals surface area contributed by atoms with Crippen LogP contribution < -0.4 is 0 Å². The van der Waals surface area contributed by atoms with Crippen molar-refractivity contribution in [1.29, 1.82) is 0 Å². The largest absolute Gasteiger partial charge is 0.389 e. The normalized spacial score (nSPS) is 14.0. The molecule has 1 aromatic rings. The highest BCUT2D eigenvalue weighted by Crippen LogP contribution is 2.25. The average molecular weight is 235 g/mol. The average Bonchev–Trinajstić information content (AvgIpc) is 2.01. The molecule has 0 aromatic heterocycles. The van der Waals surface area contributed by atoms with Gasteiger partial charge in [-0.25, -0.2) is 8.42 Å². The molecule has 0 saturated heterocycles. The van der Waals surface area contributed by atoms with Crippen LogP contribution in [0.15, 0.2) is 23.1 Å². The lowest BCUT2D eigenvalue weighted by molar-refractivity contribution is 0.199. The molecule has 0 aliphatic heterocycles. The molecule has 0 aliphatic carbocycles. The Morgan fingerprint density at radius 3 is 2.36 bits per heavy atom. The molecule has 78 valence electrons. The van der Waals surface area contributed by atoms with Crippen molar-refractivity contribution >= 4 is 21.4 Å². The summed E-state index contributed by atoms with van der Waals surface area (Å²) in [4.78, 5) is 0.0866. The van der Waals surface area contributed by atoms with Crippen LogP contribution in [-0.2, 0) is 9.84 Å². The number of rotatable bonds is 2. The standard InChI is InChI=1S/C9H11ClO3S/c1-6(11)7-3-4-9(8(10)5-7)14(2,12)13/h3-6,11H,1-2H3. The molecule has 1 aromatic carbocycles. The Bertz CT molecular complexity index is 437. The number of aliphatic hydroxyl groups excluding tert-OH is 1. The number of aliphatic hydroxyl groups is 1. The lowest BCUT2D eigenvalue weighted by Gasteiger charge is -2.07. The molecular formula is C9H11ClO3S. The third-order valence-electron chi connectivity index (χ3n) is 1.84. The summed E-state index contributed by atoms with van der Waals surface area (Å²) in [5.41, 5.74) is 0.599. The van der Waals surface area contributed by atoms with Gasteiger partial charge in [0.25, 0.3) is 0 Å². The maximum Gasteiger partial charge on any atom is 0.176 e. The van der Waals surface area contributed by atoms with Gasteiger partial charge in [0.2, 0.25) is 0 Å². The third kappa shape index (κ3) is 2.47. The number of halogens is 1. The van der Waals surface area contributed by atoms with Gasteiger partial charge < -0.3 is 5.11 Å². The third-order valence-corrected chi connectivity index (χ3v) is 3.42. The van der Waals surface area contributed by atoms with E-state index in [1.54, 1.807) is 13.0 Å². The van der Waals surface area contributed by atoms with Gasteiger partial charge in [-0.15, -0.1) is 0 Å². The second-order valence-electron chi connectivity index (χ2n) is 3.14. The van der Waals surface area contributed by atoms with E-state index in [2.05, 4.69) is 0 Å². The highest BCUT2D eigenvalue weighted by molar-refractivity contribution is 7.90. The molecule has 0 bridgehead atoms. The fourth-order valence-electron chi connectivity index (χ4n) is 1.08. The van der Waals surface area contributed by atoms with Crippen LogP contribution in [0.4, 0.5) is 0 Å². The molecule has 0 amide bonds. The van der Waals surface area contributed by atoms with E-state index < -0.39 is 15.9 Å². The summed E-state index contributed by atoms with van der Waals surface area (Å²) in [6.07, 6.45) is 0.442. The molecule has 0 saturated carbocycles. The van der Waals surface area contributed by atoms with E-state index in [0.29, 0.717) is 5.56 Å². The molecule has 0 radical (unpaired) electrons. The number of hydrogen-bond acceptors (Lipinski definition) is 3. The number of hydrogen-bond donors (Lipinski definition) is 1. The van der Waals surface area contributed by atoms with Crippen LogP contribution in [0.3, 0.4) is 0 Å². The van der Waals surface area contributed by atoms with Gasteiger partial charge in [-0.2, -0.15) is 0 Å². The summed E-state index contributed by atoms with van der Waals surface area (Å²) >= 11 is 5.77. The van der Waals surface area contributed by atoms with Crippen LogP contribution in [0.1, 0.15) is 18.6 Å². The minimum absolute atomic E-state index is 0.0866. The molecule has 0 fully saturated rings. The van der Waals surface area contributed by atoms with Crippen molar-refractivity contribution in [2.24, 2.45) is 0 Å². The first-order chi connectivity index (χ1) is 6.32. The maximum absolute atomic E-state index is 11.2. The smallest absolute Gasteiger partial charge is 0.176 e. The highest BCUT2D eigenvalue weighted by atomic mass is 35.5. The van der Waals surface area contributed by atoms with Crippen molar-refractivity contribution in [3.63, 3.8) is 0 Å². The van der Waals surface area contributed by atoms with Gasteiger partial charge in [-0.3, -0.25) is 0 Å². The Morgan fingerprint density at radius 1 is 1.43 bits per heavy atom. The molecule has 1 unspecified atom stereocenters. The van der Waals surface area contributed by atoms with Gasteiger partial charge in [0, 0.05) is 6.26 Å². The van der Waals surface area contributed by atoms with Crippen molar-refractivity contribution in [2.75, 3.05) is 6.26 Å². The zero-order chi connectivity index (χ0) is 10.9. The van der Waals surface area contributed by atoms with E-state index in [-0.39, 0.29) is 9.92 Å². The molecule has 14 heavy (non-hydrogen) atoms. The van der Waals surface area contributed by atoms with E-state index >= 15 is 0 Å². The number of benzene rings is 1. The van der Waals surface area contributed by atoms with E-state index in [4.69, 9.17) is 11.6 Å². The van der Waals surface area contributed by atoms with E-state index in [9.17, 15) is 13.5 Å². The van der Waals surface area contributed by atoms with E-state index in [1.165, 1.54) is 12.1 Å². The fraction of sp³-hybridized carbons (Fsp3) is 0.333. The molecule has 5 heteroatoms. The van der Waals surface area contributed by atoms with Gasteiger partial charge in [0.05, 0.1) is 16.0 Å². The van der Waals surface area contributed by atoms with Crippen LogP contribution in [0.2, 0.25) is 5.02 Å². The SMILES string of the molecule is CC(O)c1ccc(S(C)(=O)=O)c(Cl)c1. The molecular weight excluding hydrogens is 224 g/mol. The zero-order valence-corrected chi connectivity index (χ0v) is 9.43. The Hall–Kier alpha value is -0.580. The summed E-state index contributed by atoms with van der Waals surface area (Å²) < 4.78 is 22.4. The molecule has 0 aliphatic rings. The lowest BCUT2D eigenvalue weighted by atomic mass is 10.1. The van der Waals surface area contributed by atoms with Crippen molar-refractivity contribution in [3.05, 3.63) is 28.8 Å². The van der Waals surface area contributed by atoms with Crippen LogP contribution in [-0.4, -0.2) is 19.8 Å². The Labute approximate surface area is 88.2 Å². The summed E-state index contributed by atoms with van der Waals surface area (Å²) in [6.45, 7) is 1.59. The fourth-order valence-corrected chi connectivity index (χ4v) is 2.42. The second kappa shape index (κ2) is 3.88. The summed E-state index contributed by atoms with van der Waals surface area (Å²) in [7, 11) is -3.29. The van der Waals surface area contributed by atoms with Crippen molar-refractivity contribution in [2.45, 2.75) is 17.9 Å². The van der Waals surface area contributed by atoms with Crippen molar-refractivity contribution < 1.29 is 13.5 Å². The van der Waals surface area contributed by atoms with Crippen LogP contribution >= 0.6 is 11.6 Å². The van der Waals surface area contributed by atoms with E-state index in [1.807, 2.05) is 0 Å². The van der Waals surface area contributed by atoms with Gasteiger partial charge in [0.1, 0.15) is 0 Å². The van der Waals surface area contributed by atoms with Crippen molar-refractivity contribution in [1.82, 2.24) is 0 Å². The summed E-state index contributed by atoms with van der Waals surface area (Å²) in [5, 5.41) is 9.38. The van der Waals surface area contributed by atoms with Gasteiger partial charge >= 0.3 is 0 Å². The predicted octanol–water partition coefficient (Wildman–Crippen LogP) is 1.80. The molecule has 0 heterocycles. The van der Waals surface area contributed by atoms with Crippen molar-refractivity contribution in [3.8, 4) is 0 Å². The van der Waals surface area contributed by atoms with Crippen LogP contribution in [0.25, 0.3) is 0 Å². The first-order valence-electron chi connectivity index (χ1n) is 4.00. The molecule has 1 rings (SSSR count). The lowest BCUT2D eigenvalue weighted by Crippen LogP contribution is -1.99. The monoisotopic (exact) mass is 234 g/mol. The van der Waals surface area contributed by atoms with Crippen LogP contribution in [0, 0.1) is 0 Å². The van der Waals surface area contributed by atoms with E-state index in [0.717, 1.165) is 6.26 Å². The Balaban J connectivity index is 3.28. The topological polar surface area (TPSA) is 54.4 Å². The summed E-state index contributed by atoms with van der Waals surface area (Å²) in [6, 6.07) is 4.41. The minimum atomic E-state index is -3.29. The summed E-state index contributed by atoms with van der Waals surface area (Å²) in [5.74, 6) is 0. The molecule has 3 nitrogen and oxygen atoms in total. The highest BCUT2D eigenvalue weighted by Gasteiger charge is 2.13.